The quantitative estimate of drug-likeness (QED) is 0.702. The number of thiophene rings is 1. The standard InChI is InChI=1S/C21H22N4O3S/c1-11-5-6-16(7-12(11)2)25-10-15(8-19(25)26)21(27)23-17-9-18(29-13(17)3)20-22-14(4)28-24-20/h5-7,9,15H,8,10H2,1-4H3,(H,23,27). The fourth-order valence-electron chi connectivity index (χ4n) is 3.38. The Kier molecular flexibility index (Phi) is 4.96. The summed E-state index contributed by atoms with van der Waals surface area (Å²) in [5.41, 5.74) is 3.86. The monoisotopic (exact) mass is 410 g/mol. The van der Waals surface area contributed by atoms with E-state index in [2.05, 4.69) is 15.5 Å². The molecule has 0 bridgehead atoms. The molecule has 1 N–H and O–H groups in total. The van der Waals surface area contributed by atoms with Crippen LogP contribution in [0.1, 0.15) is 28.3 Å². The third kappa shape index (κ3) is 3.80. The maximum atomic E-state index is 12.8. The largest absolute Gasteiger partial charge is 0.339 e. The lowest BCUT2D eigenvalue weighted by molar-refractivity contribution is -0.122. The smallest absolute Gasteiger partial charge is 0.229 e. The molecule has 0 radical (unpaired) electrons. The van der Waals surface area contributed by atoms with Gasteiger partial charge in [-0.05, 0) is 50.1 Å². The average Bonchev–Trinajstić information content (AvgIpc) is 3.37. The first-order valence-corrected chi connectivity index (χ1v) is 10.2. The van der Waals surface area contributed by atoms with E-state index < -0.39 is 0 Å². The Morgan fingerprint density at radius 3 is 2.69 bits per heavy atom. The van der Waals surface area contributed by atoms with Crippen molar-refractivity contribution in [1.82, 2.24) is 10.1 Å². The number of rotatable bonds is 4. The Morgan fingerprint density at radius 1 is 1.21 bits per heavy atom. The van der Waals surface area contributed by atoms with Gasteiger partial charge in [-0.15, -0.1) is 11.3 Å². The number of nitrogens with zero attached hydrogens (tertiary/aromatic N) is 3. The molecule has 8 heteroatoms. The number of nitrogens with one attached hydrogen (secondary N) is 1. The summed E-state index contributed by atoms with van der Waals surface area (Å²) in [6.45, 7) is 8.10. The Labute approximate surface area is 172 Å². The van der Waals surface area contributed by atoms with Gasteiger partial charge in [0.2, 0.25) is 23.5 Å². The summed E-state index contributed by atoms with van der Waals surface area (Å²) in [7, 11) is 0. The van der Waals surface area contributed by atoms with Crippen LogP contribution in [-0.2, 0) is 9.59 Å². The van der Waals surface area contributed by atoms with Crippen molar-refractivity contribution >= 4 is 34.5 Å². The van der Waals surface area contributed by atoms with Crippen LogP contribution in [0.25, 0.3) is 10.7 Å². The Morgan fingerprint density at radius 2 is 2.00 bits per heavy atom. The summed E-state index contributed by atoms with van der Waals surface area (Å²) in [6, 6.07) is 7.78. The summed E-state index contributed by atoms with van der Waals surface area (Å²) in [6.07, 6.45) is 0.207. The fourth-order valence-corrected chi connectivity index (χ4v) is 4.28. The van der Waals surface area contributed by atoms with Crippen molar-refractivity contribution in [3.63, 3.8) is 0 Å². The highest BCUT2D eigenvalue weighted by atomic mass is 32.1. The second-order valence-corrected chi connectivity index (χ2v) is 8.64. The zero-order valence-corrected chi connectivity index (χ0v) is 17.6. The number of hydrogen-bond acceptors (Lipinski definition) is 6. The molecule has 1 aliphatic rings. The van der Waals surface area contributed by atoms with Crippen LogP contribution in [0.4, 0.5) is 11.4 Å². The van der Waals surface area contributed by atoms with Gasteiger partial charge in [-0.2, -0.15) is 4.98 Å². The molecule has 1 aliphatic heterocycles. The highest BCUT2D eigenvalue weighted by Gasteiger charge is 2.35. The number of carbonyl (C=O) groups excluding carboxylic acids is 2. The highest BCUT2D eigenvalue weighted by molar-refractivity contribution is 7.16. The lowest BCUT2D eigenvalue weighted by atomic mass is 10.1. The predicted molar refractivity (Wildman–Crippen MR) is 112 cm³/mol. The van der Waals surface area contributed by atoms with Crippen molar-refractivity contribution in [2.45, 2.75) is 34.1 Å². The normalized spacial score (nSPS) is 16.5. The molecule has 29 heavy (non-hydrogen) atoms. The third-order valence-corrected chi connectivity index (χ3v) is 6.27. The molecule has 1 atom stereocenters. The van der Waals surface area contributed by atoms with Gasteiger partial charge < -0.3 is 14.7 Å². The maximum absolute atomic E-state index is 12.8. The SMILES string of the molecule is Cc1nc(-c2cc(NC(=O)C3CC(=O)N(c4ccc(C)c(C)c4)C3)c(C)s2)no1. The first-order valence-electron chi connectivity index (χ1n) is 9.41. The average molecular weight is 410 g/mol. The molecule has 150 valence electrons. The summed E-state index contributed by atoms with van der Waals surface area (Å²) < 4.78 is 5.03. The topological polar surface area (TPSA) is 88.3 Å². The molecule has 2 aromatic heterocycles. The van der Waals surface area contributed by atoms with Crippen LogP contribution < -0.4 is 10.2 Å². The molecular formula is C21H22N4O3S. The Hall–Kier alpha value is -3.00. The number of amides is 2. The second-order valence-electron chi connectivity index (χ2n) is 7.38. The number of aromatic nitrogens is 2. The van der Waals surface area contributed by atoms with Crippen molar-refractivity contribution < 1.29 is 14.1 Å². The molecule has 1 unspecified atom stereocenters. The van der Waals surface area contributed by atoms with Gasteiger partial charge in [0.25, 0.3) is 0 Å². The van der Waals surface area contributed by atoms with Crippen LogP contribution in [0.5, 0.6) is 0 Å². The molecule has 1 fully saturated rings. The Bertz CT molecular complexity index is 1100. The first-order chi connectivity index (χ1) is 13.8. The number of benzene rings is 1. The van der Waals surface area contributed by atoms with Crippen LogP contribution in [-0.4, -0.2) is 28.5 Å². The lowest BCUT2D eigenvalue weighted by Crippen LogP contribution is -2.28. The minimum Gasteiger partial charge on any atom is -0.339 e. The summed E-state index contributed by atoms with van der Waals surface area (Å²) in [5.74, 6) is 0.430. The van der Waals surface area contributed by atoms with Crippen molar-refractivity contribution in [3.8, 4) is 10.7 Å². The van der Waals surface area contributed by atoms with E-state index in [1.807, 2.05) is 45.0 Å². The maximum Gasteiger partial charge on any atom is 0.229 e. The second kappa shape index (κ2) is 7.44. The molecule has 7 nitrogen and oxygen atoms in total. The van der Waals surface area contributed by atoms with Crippen molar-refractivity contribution in [3.05, 3.63) is 46.2 Å². The van der Waals surface area contributed by atoms with E-state index in [0.717, 1.165) is 26.7 Å². The number of hydrogen-bond donors (Lipinski definition) is 1. The summed E-state index contributed by atoms with van der Waals surface area (Å²) in [4.78, 5) is 33.0. The molecule has 1 saturated heterocycles. The minimum absolute atomic E-state index is 0.0293. The number of anilines is 2. The van der Waals surface area contributed by atoms with E-state index in [1.165, 1.54) is 16.9 Å². The van der Waals surface area contributed by atoms with Crippen LogP contribution in [0.2, 0.25) is 0 Å². The Balaban J connectivity index is 1.47. The van der Waals surface area contributed by atoms with Gasteiger partial charge in [0.15, 0.2) is 0 Å². The molecule has 0 spiro atoms. The minimum atomic E-state index is -0.390. The van der Waals surface area contributed by atoms with Crippen molar-refractivity contribution in [2.75, 3.05) is 16.8 Å². The zero-order chi connectivity index (χ0) is 20.7. The predicted octanol–water partition coefficient (Wildman–Crippen LogP) is 4.02. The van der Waals surface area contributed by atoms with Gasteiger partial charge in [-0.1, -0.05) is 11.2 Å². The van der Waals surface area contributed by atoms with E-state index in [-0.39, 0.29) is 24.2 Å². The van der Waals surface area contributed by atoms with Gasteiger partial charge in [0, 0.05) is 30.5 Å². The van der Waals surface area contributed by atoms with E-state index in [4.69, 9.17) is 4.52 Å². The fraction of sp³-hybridized carbons (Fsp3) is 0.333. The molecule has 4 rings (SSSR count). The van der Waals surface area contributed by atoms with Gasteiger partial charge in [0.05, 0.1) is 16.5 Å². The molecule has 0 saturated carbocycles. The molecule has 3 heterocycles. The number of aryl methyl sites for hydroxylation is 4. The third-order valence-electron chi connectivity index (χ3n) is 5.22. The van der Waals surface area contributed by atoms with Crippen LogP contribution >= 0.6 is 11.3 Å². The van der Waals surface area contributed by atoms with E-state index in [0.29, 0.717) is 18.3 Å². The van der Waals surface area contributed by atoms with E-state index >= 15 is 0 Å². The van der Waals surface area contributed by atoms with Gasteiger partial charge >= 0.3 is 0 Å². The van der Waals surface area contributed by atoms with E-state index in [1.54, 1.807) is 11.8 Å². The molecular weight excluding hydrogens is 388 g/mol. The molecule has 1 aromatic carbocycles. The van der Waals surface area contributed by atoms with Crippen molar-refractivity contribution in [2.24, 2.45) is 5.92 Å². The van der Waals surface area contributed by atoms with Gasteiger partial charge in [-0.3, -0.25) is 9.59 Å². The highest BCUT2D eigenvalue weighted by Crippen LogP contribution is 2.34. The van der Waals surface area contributed by atoms with E-state index in [9.17, 15) is 9.59 Å². The summed E-state index contributed by atoms with van der Waals surface area (Å²) >= 11 is 1.49. The van der Waals surface area contributed by atoms with Crippen LogP contribution in [0, 0.1) is 33.6 Å². The first kappa shape index (κ1) is 19.3. The van der Waals surface area contributed by atoms with Crippen LogP contribution in [0.15, 0.2) is 28.8 Å². The van der Waals surface area contributed by atoms with Gasteiger partial charge in [-0.25, -0.2) is 0 Å². The van der Waals surface area contributed by atoms with Crippen molar-refractivity contribution in [1.29, 1.82) is 0 Å². The molecule has 0 aliphatic carbocycles. The zero-order valence-electron chi connectivity index (χ0n) is 16.8. The summed E-state index contributed by atoms with van der Waals surface area (Å²) in [5, 5.41) is 6.89. The molecule has 2 amide bonds. The molecule has 3 aromatic rings. The van der Waals surface area contributed by atoms with Crippen LogP contribution in [0.3, 0.4) is 0 Å². The lowest BCUT2D eigenvalue weighted by Gasteiger charge is -2.18. The number of carbonyl (C=O) groups is 2. The van der Waals surface area contributed by atoms with Gasteiger partial charge in [0.1, 0.15) is 0 Å².